The minimum absolute atomic E-state index is 0.0969. The average molecular weight is 316 g/mol. The van der Waals surface area contributed by atoms with Crippen LogP contribution < -0.4 is 5.32 Å². The lowest BCUT2D eigenvalue weighted by atomic mass is 10.3. The Kier molecular flexibility index (Phi) is 4.31. The molecule has 0 aliphatic carbocycles. The zero-order valence-electron chi connectivity index (χ0n) is 9.74. The molecule has 17 heavy (non-hydrogen) atoms. The van der Waals surface area contributed by atoms with Gasteiger partial charge < -0.3 is 9.73 Å². The van der Waals surface area contributed by atoms with Crippen LogP contribution in [0, 0.1) is 0 Å². The van der Waals surface area contributed by atoms with E-state index in [1.807, 2.05) is 19.1 Å². The predicted molar refractivity (Wildman–Crippen MR) is 72.0 cm³/mol. The zero-order valence-corrected chi connectivity index (χ0v) is 12.1. The van der Waals surface area contributed by atoms with E-state index >= 15 is 0 Å². The second-order valence-electron chi connectivity index (χ2n) is 3.73. The minimum atomic E-state index is 0.0969. The maximum Gasteiger partial charge on any atom is 0.257 e. The third-order valence-corrected chi connectivity index (χ3v) is 3.91. The van der Waals surface area contributed by atoms with E-state index in [-0.39, 0.29) is 6.04 Å². The van der Waals surface area contributed by atoms with Crippen molar-refractivity contribution in [2.45, 2.75) is 26.3 Å². The molecule has 4 nitrogen and oxygen atoms in total. The van der Waals surface area contributed by atoms with Gasteiger partial charge in [-0.25, -0.2) is 0 Å². The first kappa shape index (κ1) is 12.7. The van der Waals surface area contributed by atoms with E-state index in [0.717, 1.165) is 21.6 Å². The van der Waals surface area contributed by atoms with Crippen LogP contribution in [-0.4, -0.2) is 16.7 Å². The van der Waals surface area contributed by atoms with Crippen molar-refractivity contribution >= 4 is 27.3 Å². The maximum atomic E-state index is 5.65. The Morgan fingerprint density at radius 2 is 2.29 bits per heavy atom. The average Bonchev–Trinajstić information content (AvgIpc) is 2.93. The Hall–Kier alpha value is -0.720. The molecule has 2 rings (SSSR count). The molecule has 0 saturated carbocycles. The van der Waals surface area contributed by atoms with Crippen molar-refractivity contribution < 1.29 is 4.42 Å². The lowest BCUT2D eigenvalue weighted by molar-refractivity contribution is 0.423. The second kappa shape index (κ2) is 5.75. The lowest BCUT2D eigenvalue weighted by Gasteiger charge is -2.07. The van der Waals surface area contributed by atoms with Crippen molar-refractivity contribution in [2.24, 2.45) is 0 Å². The van der Waals surface area contributed by atoms with Crippen LogP contribution in [0.15, 0.2) is 20.3 Å². The lowest BCUT2D eigenvalue weighted by Crippen LogP contribution is -2.19. The number of nitrogens with zero attached hydrogens (tertiary/aromatic N) is 2. The van der Waals surface area contributed by atoms with Gasteiger partial charge in [-0.05, 0) is 48.0 Å². The van der Waals surface area contributed by atoms with E-state index in [2.05, 4.69) is 38.4 Å². The summed E-state index contributed by atoms with van der Waals surface area (Å²) in [6.45, 7) is 5.10. The third-order valence-electron chi connectivity index (χ3n) is 2.30. The van der Waals surface area contributed by atoms with Crippen molar-refractivity contribution in [3.8, 4) is 10.8 Å². The molecule has 0 amide bonds. The molecule has 0 fully saturated rings. The molecular weight excluding hydrogens is 302 g/mol. The van der Waals surface area contributed by atoms with Gasteiger partial charge in [0.15, 0.2) is 0 Å². The topological polar surface area (TPSA) is 51.0 Å². The van der Waals surface area contributed by atoms with Crippen LogP contribution in [0.25, 0.3) is 10.8 Å². The molecule has 92 valence electrons. The molecule has 2 aromatic heterocycles. The van der Waals surface area contributed by atoms with E-state index in [1.54, 1.807) is 11.3 Å². The molecule has 0 radical (unpaired) electrons. The van der Waals surface area contributed by atoms with Crippen molar-refractivity contribution in [1.82, 2.24) is 15.5 Å². The van der Waals surface area contributed by atoms with E-state index in [0.29, 0.717) is 11.8 Å². The highest BCUT2D eigenvalue weighted by molar-refractivity contribution is 9.11. The molecule has 2 heterocycles. The molecule has 0 aromatic carbocycles. The van der Waals surface area contributed by atoms with E-state index < -0.39 is 0 Å². The molecular formula is C11H14BrN3OS. The third kappa shape index (κ3) is 3.14. The Balaban J connectivity index is 2.10. The molecule has 1 unspecified atom stereocenters. The Labute approximate surface area is 113 Å². The number of hydrogen-bond acceptors (Lipinski definition) is 5. The molecule has 2 aromatic rings. The van der Waals surface area contributed by atoms with E-state index in [1.165, 1.54) is 0 Å². The number of hydrogen-bond donors (Lipinski definition) is 1. The minimum Gasteiger partial charge on any atom is -0.418 e. The van der Waals surface area contributed by atoms with Crippen LogP contribution in [-0.2, 0) is 0 Å². The highest BCUT2D eigenvalue weighted by atomic mass is 79.9. The molecule has 1 atom stereocenters. The maximum absolute atomic E-state index is 5.65. The van der Waals surface area contributed by atoms with Crippen LogP contribution in [0.4, 0.5) is 0 Å². The standard InChI is InChI=1S/C11H14BrN3OS/c1-3-6-13-7(2)10-14-15-11(16-10)8-4-5-9(12)17-8/h4-5,7,13H,3,6H2,1-2H3. The summed E-state index contributed by atoms with van der Waals surface area (Å²) in [6.07, 6.45) is 1.09. The van der Waals surface area contributed by atoms with Crippen LogP contribution in [0.3, 0.4) is 0 Å². The summed E-state index contributed by atoms with van der Waals surface area (Å²) >= 11 is 5.00. The van der Waals surface area contributed by atoms with Gasteiger partial charge in [0.1, 0.15) is 0 Å². The molecule has 6 heteroatoms. The summed E-state index contributed by atoms with van der Waals surface area (Å²) in [4.78, 5) is 0.985. The quantitative estimate of drug-likeness (QED) is 0.915. The van der Waals surface area contributed by atoms with Gasteiger partial charge in [0.2, 0.25) is 5.89 Å². The monoisotopic (exact) mass is 315 g/mol. The SMILES string of the molecule is CCCNC(C)c1nnc(-c2ccc(Br)s2)o1. The fourth-order valence-electron chi connectivity index (χ4n) is 1.39. The van der Waals surface area contributed by atoms with Crippen molar-refractivity contribution in [3.05, 3.63) is 21.8 Å². The van der Waals surface area contributed by atoms with Gasteiger partial charge in [-0.3, -0.25) is 0 Å². The predicted octanol–water partition coefficient (Wildman–Crippen LogP) is 3.62. The number of halogens is 1. The van der Waals surface area contributed by atoms with Gasteiger partial charge in [0.05, 0.1) is 14.7 Å². The number of aromatic nitrogens is 2. The Bertz CT molecular complexity index is 483. The molecule has 0 aliphatic heterocycles. The van der Waals surface area contributed by atoms with E-state index in [4.69, 9.17) is 4.42 Å². The van der Waals surface area contributed by atoms with Crippen molar-refractivity contribution in [1.29, 1.82) is 0 Å². The van der Waals surface area contributed by atoms with Crippen molar-refractivity contribution in [2.75, 3.05) is 6.54 Å². The van der Waals surface area contributed by atoms with Crippen LogP contribution in [0.2, 0.25) is 0 Å². The summed E-state index contributed by atoms with van der Waals surface area (Å²) in [5, 5.41) is 11.4. The highest BCUT2D eigenvalue weighted by Crippen LogP contribution is 2.30. The second-order valence-corrected chi connectivity index (χ2v) is 6.19. The van der Waals surface area contributed by atoms with Crippen LogP contribution in [0.5, 0.6) is 0 Å². The highest BCUT2D eigenvalue weighted by Gasteiger charge is 2.15. The molecule has 0 saturated heterocycles. The first-order chi connectivity index (χ1) is 8.20. The first-order valence-electron chi connectivity index (χ1n) is 5.53. The smallest absolute Gasteiger partial charge is 0.257 e. The molecule has 0 aliphatic rings. The van der Waals surface area contributed by atoms with Crippen LogP contribution in [0.1, 0.15) is 32.2 Å². The van der Waals surface area contributed by atoms with Gasteiger partial charge >= 0.3 is 0 Å². The summed E-state index contributed by atoms with van der Waals surface area (Å²) in [7, 11) is 0. The Morgan fingerprint density at radius 3 is 2.94 bits per heavy atom. The number of nitrogens with one attached hydrogen (secondary N) is 1. The van der Waals surface area contributed by atoms with Gasteiger partial charge in [0, 0.05) is 0 Å². The van der Waals surface area contributed by atoms with Gasteiger partial charge in [-0.15, -0.1) is 21.5 Å². The summed E-state index contributed by atoms with van der Waals surface area (Å²) in [5.74, 6) is 1.22. The molecule has 0 spiro atoms. The van der Waals surface area contributed by atoms with E-state index in [9.17, 15) is 0 Å². The van der Waals surface area contributed by atoms with Gasteiger partial charge in [-0.2, -0.15) is 0 Å². The number of rotatable bonds is 5. The summed E-state index contributed by atoms with van der Waals surface area (Å²) in [6, 6.07) is 4.04. The number of thiophene rings is 1. The normalized spacial score (nSPS) is 12.9. The fourth-order valence-corrected chi connectivity index (χ4v) is 2.69. The van der Waals surface area contributed by atoms with Crippen molar-refractivity contribution in [3.63, 3.8) is 0 Å². The fraction of sp³-hybridized carbons (Fsp3) is 0.455. The summed E-state index contributed by atoms with van der Waals surface area (Å²) in [5.41, 5.74) is 0. The summed E-state index contributed by atoms with van der Waals surface area (Å²) < 4.78 is 6.71. The largest absolute Gasteiger partial charge is 0.418 e. The van der Waals surface area contributed by atoms with Gasteiger partial charge in [0.25, 0.3) is 5.89 Å². The zero-order chi connectivity index (χ0) is 12.3. The Morgan fingerprint density at radius 1 is 1.47 bits per heavy atom. The first-order valence-corrected chi connectivity index (χ1v) is 7.14. The van der Waals surface area contributed by atoms with Crippen LogP contribution >= 0.6 is 27.3 Å². The molecule has 1 N–H and O–H groups in total. The van der Waals surface area contributed by atoms with Gasteiger partial charge in [-0.1, -0.05) is 6.92 Å². The molecule has 0 bridgehead atoms.